The van der Waals surface area contributed by atoms with Crippen LogP contribution in [0.25, 0.3) is 0 Å². The molecule has 1 aromatic rings. The molecule has 0 radical (unpaired) electrons. The van der Waals surface area contributed by atoms with Gasteiger partial charge in [0.05, 0.1) is 11.4 Å². The molecule has 106 valence electrons. The van der Waals surface area contributed by atoms with Gasteiger partial charge in [-0.05, 0) is 18.9 Å². The SMILES string of the molecule is CC1(C(=O)N2CC/C(=N/O)c3ccccc32)CCCC1. The van der Waals surface area contributed by atoms with Crippen molar-refractivity contribution in [3.8, 4) is 0 Å². The Labute approximate surface area is 119 Å². The largest absolute Gasteiger partial charge is 0.411 e. The van der Waals surface area contributed by atoms with Crippen LogP contribution in [0.3, 0.4) is 0 Å². The summed E-state index contributed by atoms with van der Waals surface area (Å²) < 4.78 is 0. The van der Waals surface area contributed by atoms with Crippen molar-refractivity contribution in [1.82, 2.24) is 0 Å². The van der Waals surface area contributed by atoms with Crippen molar-refractivity contribution in [2.45, 2.75) is 39.0 Å². The molecule has 1 aliphatic carbocycles. The number of oxime groups is 1. The topological polar surface area (TPSA) is 52.9 Å². The summed E-state index contributed by atoms with van der Waals surface area (Å²) in [4.78, 5) is 14.8. The van der Waals surface area contributed by atoms with Gasteiger partial charge in [-0.25, -0.2) is 0 Å². The first-order valence-corrected chi connectivity index (χ1v) is 7.28. The molecular weight excluding hydrogens is 252 g/mol. The smallest absolute Gasteiger partial charge is 0.232 e. The van der Waals surface area contributed by atoms with Gasteiger partial charge in [0.1, 0.15) is 0 Å². The fourth-order valence-electron chi connectivity index (χ4n) is 3.44. The zero-order chi connectivity index (χ0) is 14.2. The molecule has 20 heavy (non-hydrogen) atoms. The molecule has 4 heteroatoms. The minimum Gasteiger partial charge on any atom is -0.411 e. The molecular formula is C16H20N2O2. The molecule has 1 saturated carbocycles. The van der Waals surface area contributed by atoms with E-state index in [9.17, 15) is 4.79 Å². The fourth-order valence-corrected chi connectivity index (χ4v) is 3.44. The van der Waals surface area contributed by atoms with Crippen LogP contribution in [0.1, 0.15) is 44.6 Å². The van der Waals surface area contributed by atoms with Crippen molar-refractivity contribution in [2.24, 2.45) is 10.6 Å². The van der Waals surface area contributed by atoms with Crippen molar-refractivity contribution in [2.75, 3.05) is 11.4 Å². The minimum atomic E-state index is -0.221. The van der Waals surface area contributed by atoms with Crippen LogP contribution in [0, 0.1) is 5.41 Å². The number of carbonyl (C=O) groups is 1. The second kappa shape index (κ2) is 4.93. The summed E-state index contributed by atoms with van der Waals surface area (Å²) in [5, 5.41) is 12.5. The Morgan fingerprint density at radius 1 is 1.30 bits per heavy atom. The first kappa shape index (κ1) is 13.2. The van der Waals surface area contributed by atoms with E-state index in [4.69, 9.17) is 5.21 Å². The molecule has 0 spiro atoms. The predicted octanol–water partition coefficient (Wildman–Crippen LogP) is 3.18. The van der Waals surface area contributed by atoms with Crippen molar-refractivity contribution in [3.63, 3.8) is 0 Å². The van der Waals surface area contributed by atoms with Gasteiger partial charge in [-0.2, -0.15) is 0 Å². The highest BCUT2D eigenvalue weighted by atomic mass is 16.4. The maximum Gasteiger partial charge on any atom is 0.232 e. The van der Waals surface area contributed by atoms with Gasteiger partial charge in [0.2, 0.25) is 5.91 Å². The number of rotatable bonds is 1. The molecule has 1 aromatic carbocycles. The second-order valence-electron chi connectivity index (χ2n) is 6.04. The maximum atomic E-state index is 12.9. The molecule has 1 N–H and O–H groups in total. The van der Waals surface area contributed by atoms with Gasteiger partial charge in [-0.3, -0.25) is 4.79 Å². The van der Waals surface area contributed by atoms with Gasteiger partial charge in [-0.1, -0.05) is 43.1 Å². The van der Waals surface area contributed by atoms with Crippen LogP contribution in [-0.2, 0) is 4.79 Å². The molecule has 0 unspecified atom stereocenters. The van der Waals surface area contributed by atoms with E-state index >= 15 is 0 Å². The average Bonchev–Trinajstić information content (AvgIpc) is 2.93. The Balaban J connectivity index is 1.98. The Morgan fingerprint density at radius 3 is 2.70 bits per heavy atom. The lowest BCUT2D eigenvalue weighted by molar-refractivity contribution is -0.127. The van der Waals surface area contributed by atoms with Crippen LogP contribution < -0.4 is 4.90 Å². The molecule has 3 rings (SSSR count). The molecule has 0 atom stereocenters. The molecule has 4 nitrogen and oxygen atoms in total. The summed E-state index contributed by atoms with van der Waals surface area (Å²) >= 11 is 0. The van der Waals surface area contributed by atoms with E-state index in [-0.39, 0.29) is 11.3 Å². The Bertz CT molecular complexity index is 559. The van der Waals surface area contributed by atoms with E-state index in [1.807, 2.05) is 29.2 Å². The summed E-state index contributed by atoms with van der Waals surface area (Å²) in [6.45, 7) is 2.69. The third-order valence-corrected chi connectivity index (χ3v) is 4.67. The molecule has 0 aromatic heterocycles. The monoisotopic (exact) mass is 272 g/mol. The molecule has 1 fully saturated rings. The standard InChI is InChI=1S/C16H20N2O2/c1-16(9-4-5-10-16)15(19)18-11-8-13(17-20)12-6-2-3-7-14(12)18/h2-3,6-7,20H,4-5,8-11H2,1H3/b17-13-. The third-order valence-electron chi connectivity index (χ3n) is 4.67. The number of hydrogen-bond acceptors (Lipinski definition) is 3. The summed E-state index contributed by atoms with van der Waals surface area (Å²) in [7, 11) is 0. The summed E-state index contributed by atoms with van der Waals surface area (Å²) in [5.74, 6) is 0.222. The zero-order valence-corrected chi connectivity index (χ0v) is 11.8. The van der Waals surface area contributed by atoms with Gasteiger partial charge < -0.3 is 10.1 Å². The number of anilines is 1. The number of amides is 1. The Hall–Kier alpha value is -1.84. The van der Waals surface area contributed by atoms with Gasteiger partial charge in [0.15, 0.2) is 0 Å². The van der Waals surface area contributed by atoms with Crippen LogP contribution >= 0.6 is 0 Å². The second-order valence-corrected chi connectivity index (χ2v) is 6.04. The number of benzene rings is 1. The third kappa shape index (κ3) is 1.99. The molecule has 1 amide bonds. The van der Waals surface area contributed by atoms with Crippen LogP contribution in [0.4, 0.5) is 5.69 Å². The summed E-state index contributed by atoms with van der Waals surface area (Å²) in [6, 6.07) is 7.70. The van der Waals surface area contributed by atoms with Gasteiger partial charge in [0.25, 0.3) is 0 Å². The quantitative estimate of drug-likeness (QED) is 0.630. The lowest BCUT2D eigenvalue weighted by Crippen LogP contribution is -2.45. The van der Waals surface area contributed by atoms with Gasteiger partial charge in [0, 0.05) is 23.9 Å². The molecule has 1 aliphatic heterocycles. The molecule has 0 saturated heterocycles. The van der Waals surface area contributed by atoms with Crippen molar-refractivity contribution >= 4 is 17.3 Å². The van der Waals surface area contributed by atoms with E-state index in [0.29, 0.717) is 18.7 Å². The van der Waals surface area contributed by atoms with Crippen molar-refractivity contribution < 1.29 is 10.0 Å². The van der Waals surface area contributed by atoms with E-state index in [2.05, 4.69) is 12.1 Å². The Morgan fingerprint density at radius 2 is 2.00 bits per heavy atom. The van der Waals surface area contributed by atoms with Gasteiger partial charge >= 0.3 is 0 Å². The fraction of sp³-hybridized carbons (Fsp3) is 0.500. The van der Waals surface area contributed by atoms with Crippen molar-refractivity contribution in [3.05, 3.63) is 29.8 Å². The number of nitrogens with zero attached hydrogens (tertiary/aromatic N) is 2. The van der Waals surface area contributed by atoms with E-state index < -0.39 is 0 Å². The molecule has 1 heterocycles. The highest BCUT2D eigenvalue weighted by Gasteiger charge is 2.41. The summed E-state index contributed by atoms with van der Waals surface area (Å²) in [5.41, 5.74) is 2.20. The molecule has 2 aliphatic rings. The highest BCUT2D eigenvalue weighted by Crippen LogP contribution is 2.41. The van der Waals surface area contributed by atoms with E-state index in [0.717, 1.165) is 36.9 Å². The predicted molar refractivity (Wildman–Crippen MR) is 78.3 cm³/mol. The number of para-hydroxylation sites is 1. The number of hydrogen-bond donors (Lipinski definition) is 1. The highest BCUT2D eigenvalue weighted by molar-refractivity contribution is 6.11. The lowest BCUT2D eigenvalue weighted by atomic mass is 9.85. The first-order chi connectivity index (χ1) is 9.65. The lowest BCUT2D eigenvalue weighted by Gasteiger charge is -2.35. The minimum absolute atomic E-state index is 0.221. The molecule has 0 bridgehead atoms. The maximum absolute atomic E-state index is 12.9. The van der Waals surface area contributed by atoms with Crippen LogP contribution in [0.15, 0.2) is 29.4 Å². The summed E-state index contributed by atoms with van der Waals surface area (Å²) in [6.07, 6.45) is 4.84. The van der Waals surface area contributed by atoms with Crippen LogP contribution in [0.2, 0.25) is 0 Å². The first-order valence-electron chi connectivity index (χ1n) is 7.28. The Kier molecular flexibility index (Phi) is 3.24. The normalized spacial score (nSPS) is 22.9. The number of carbonyl (C=O) groups excluding carboxylic acids is 1. The number of fused-ring (bicyclic) bond motifs is 1. The van der Waals surface area contributed by atoms with E-state index in [1.165, 1.54) is 0 Å². The van der Waals surface area contributed by atoms with Crippen LogP contribution in [0.5, 0.6) is 0 Å². The van der Waals surface area contributed by atoms with Crippen LogP contribution in [-0.4, -0.2) is 23.4 Å². The zero-order valence-electron chi connectivity index (χ0n) is 11.8. The average molecular weight is 272 g/mol. The van der Waals surface area contributed by atoms with Crippen molar-refractivity contribution in [1.29, 1.82) is 0 Å². The van der Waals surface area contributed by atoms with E-state index in [1.54, 1.807) is 0 Å². The van der Waals surface area contributed by atoms with Gasteiger partial charge in [-0.15, -0.1) is 0 Å².